The van der Waals surface area contributed by atoms with E-state index in [4.69, 9.17) is 31.6 Å². The summed E-state index contributed by atoms with van der Waals surface area (Å²) in [6.45, 7) is 10.2. The van der Waals surface area contributed by atoms with Gasteiger partial charge in [0.2, 0.25) is 0 Å². The van der Waals surface area contributed by atoms with Crippen molar-refractivity contribution in [3.05, 3.63) is 98.3 Å². The number of anilines is 2. The van der Waals surface area contributed by atoms with E-state index in [9.17, 15) is 4.79 Å². The zero-order valence-electron chi connectivity index (χ0n) is 34.2. The minimum absolute atomic E-state index is 0.0347. The van der Waals surface area contributed by atoms with Crippen LogP contribution in [0.3, 0.4) is 0 Å². The molecule has 13 nitrogen and oxygen atoms in total. The molecule has 7 heterocycles. The first kappa shape index (κ1) is 38.8. The number of ether oxygens (including phenoxy) is 1. The first-order valence-electron chi connectivity index (χ1n) is 21.2. The average molecular weight is 842 g/mol. The molecule has 1 amide bonds. The number of fused-ring (bicyclic) bond motifs is 4. The highest BCUT2D eigenvalue weighted by Gasteiger charge is 2.52. The van der Waals surface area contributed by atoms with Gasteiger partial charge in [-0.25, -0.2) is 0 Å². The van der Waals surface area contributed by atoms with Crippen LogP contribution >= 0.6 is 22.9 Å². The zero-order chi connectivity index (χ0) is 41.2. The Morgan fingerprint density at radius 1 is 0.933 bits per heavy atom. The lowest BCUT2D eigenvalue weighted by Crippen LogP contribution is -2.50. The number of hydrogen-bond acceptors (Lipinski definition) is 12. The van der Waals surface area contributed by atoms with E-state index in [2.05, 4.69) is 72.1 Å². The number of nitrogens with one attached hydrogen (secondary N) is 1. The van der Waals surface area contributed by atoms with Gasteiger partial charge in [-0.2, -0.15) is 5.26 Å². The highest BCUT2D eigenvalue weighted by molar-refractivity contribution is 7.15. The van der Waals surface area contributed by atoms with Crippen molar-refractivity contribution in [3.8, 4) is 16.8 Å². The Hall–Kier alpha value is -5.39. The topological polar surface area (TPSA) is 150 Å². The third kappa shape index (κ3) is 7.09. The number of benzene rings is 1. The van der Waals surface area contributed by atoms with Gasteiger partial charge in [0, 0.05) is 48.7 Å². The van der Waals surface area contributed by atoms with Crippen LogP contribution in [0.25, 0.3) is 5.00 Å². The van der Waals surface area contributed by atoms with E-state index in [1.807, 2.05) is 19.2 Å². The molecule has 0 radical (unpaired) electrons. The van der Waals surface area contributed by atoms with Crippen molar-refractivity contribution in [1.82, 2.24) is 35.3 Å². The molecule has 10 rings (SSSR count). The van der Waals surface area contributed by atoms with Gasteiger partial charge in [0.1, 0.15) is 28.2 Å². The first-order valence-corrected chi connectivity index (χ1v) is 22.4. The lowest BCUT2D eigenvalue weighted by molar-refractivity contribution is 0.0888. The Kier molecular flexibility index (Phi) is 9.87. The largest absolute Gasteiger partial charge is 0.490 e. The number of thiophene rings is 1. The quantitative estimate of drug-likeness (QED) is 0.172. The van der Waals surface area contributed by atoms with Gasteiger partial charge in [-0.3, -0.25) is 19.3 Å². The Morgan fingerprint density at radius 3 is 2.45 bits per heavy atom. The van der Waals surface area contributed by atoms with Gasteiger partial charge in [0.25, 0.3) is 5.91 Å². The van der Waals surface area contributed by atoms with Gasteiger partial charge >= 0.3 is 0 Å². The van der Waals surface area contributed by atoms with Crippen LogP contribution in [0.15, 0.2) is 53.7 Å². The predicted octanol–water partition coefficient (Wildman–Crippen LogP) is 7.81. The number of carbonyl (C=O) groups is 1. The second-order valence-electron chi connectivity index (χ2n) is 17.4. The number of aromatic nitrogens is 6. The van der Waals surface area contributed by atoms with E-state index in [1.54, 1.807) is 35.6 Å². The molecule has 1 aromatic carbocycles. The number of halogens is 1. The summed E-state index contributed by atoms with van der Waals surface area (Å²) in [6, 6.07) is 15.4. The van der Waals surface area contributed by atoms with Crippen LogP contribution in [0.2, 0.25) is 5.02 Å². The number of nitrogens with zero attached hydrogens (tertiary/aromatic N) is 10. The molecule has 0 unspecified atom stereocenters. The normalized spacial score (nSPS) is 21.4. The second kappa shape index (κ2) is 15.3. The van der Waals surface area contributed by atoms with Crippen LogP contribution in [-0.4, -0.2) is 79.9 Å². The van der Waals surface area contributed by atoms with Gasteiger partial charge in [0.15, 0.2) is 17.3 Å². The van der Waals surface area contributed by atoms with Gasteiger partial charge in [0.05, 0.1) is 40.0 Å². The molecule has 308 valence electrons. The number of piperidine rings is 2. The number of amides is 1. The SMILES string of the molecule is Cc1sc2c(c1C)C(c1ccc(N3CCC4(CCCN(c5ccc(C(=O)NC6CCC(Oc7ccc(C#N)c(Cl)c7)CC6)nn5)C4)CC3)cn1)=NC1(CC1)c1nnc(C)n1-2. The Bertz CT molecular complexity index is 2520. The van der Waals surface area contributed by atoms with Crippen molar-refractivity contribution in [1.29, 1.82) is 5.26 Å². The molecule has 0 bridgehead atoms. The molecule has 4 aromatic heterocycles. The first-order chi connectivity index (χ1) is 29.1. The number of nitriles is 1. The van der Waals surface area contributed by atoms with E-state index in [-0.39, 0.29) is 29.0 Å². The van der Waals surface area contributed by atoms with Crippen molar-refractivity contribution in [2.75, 3.05) is 36.0 Å². The van der Waals surface area contributed by atoms with Gasteiger partial charge in [-0.15, -0.1) is 31.7 Å². The second-order valence-corrected chi connectivity index (χ2v) is 19.0. The van der Waals surface area contributed by atoms with E-state index in [0.29, 0.717) is 22.0 Å². The van der Waals surface area contributed by atoms with Crippen molar-refractivity contribution >= 4 is 46.1 Å². The third-order valence-corrected chi connectivity index (χ3v) is 15.0. The van der Waals surface area contributed by atoms with E-state index in [1.165, 1.54) is 16.9 Å². The number of aryl methyl sites for hydroxylation is 2. The maximum absolute atomic E-state index is 13.2. The Labute approximate surface area is 358 Å². The molecule has 0 atom stereocenters. The number of hydrogen-bond donors (Lipinski definition) is 1. The van der Waals surface area contributed by atoms with Gasteiger partial charge in [-0.05, 0) is 132 Å². The van der Waals surface area contributed by atoms with Gasteiger partial charge < -0.3 is 19.9 Å². The Balaban J connectivity index is 0.741. The predicted molar refractivity (Wildman–Crippen MR) is 232 cm³/mol. The average Bonchev–Trinajstić information content (AvgIpc) is 3.88. The summed E-state index contributed by atoms with van der Waals surface area (Å²) in [4.78, 5) is 29.8. The van der Waals surface area contributed by atoms with Crippen molar-refractivity contribution in [2.24, 2.45) is 10.4 Å². The maximum atomic E-state index is 13.2. The highest BCUT2D eigenvalue weighted by Crippen LogP contribution is 2.53. The van der Waals surface area contributed by atoms with Crippen LogP contribution in [0, 0.1) is 37.5 Å². The molecular weight excluding hydrogens is 794 g/mol. The summed E-state index contributed by atoms with van der Waals surface area (Å²) in [7, 11) is 0. The van der Waals surface area contributed by atoms with E-state index < -0.39 is 0 Å². The molecule has 15 heteroatoms. The standard InChI is InChI=1S/C45H48ClN11O2S/c1-27-28(2)60-42-39(27)40(50-45(16-17-45)43-54-51-29(3)57(42)43)36-12-8-32(25-48-36)55-21-18-44(19-22-55)15-4-20-56(26-44)38-14-13-37(52-53-38)41(58)49-31-6-10-33(11-7-31)59-34-9-5-30(24-47)35(46)23-34/h5,8-9,12-14,23,25,31,33H,4,6-7,10-11,15-22,26H2,1-3H3,(H,49,58). The van der Waals surface area contributed by atoms with Crippen LogP contribution in [0.4, 0.5) is 11.5 Å². The molecule has 2 saturated heterocycles. The Morgan fingerprint density at radius 2 is 1.75 bits per heavy atom. The highest BCUT2D eigenvalue weighted by atomic mass is 35.5. The summed E-state index contributed by atoms with van der Waals surface area (Å²) < 4.78 is 8.36. The maximum Gasteiger partial charge on any atom is 0.272 e. The minimum Gasteiger partial charge on any atom is -0.490 e. The molecule has 5 aromatic rings. The lowest BCUT2D eigenvalue weighted by atomic mass is 9.72. The van der Waals surface area contributed by atoms with Crippen LogP contribution < -0.4 is 19.9 Å². The molecular formula is C45H48ClN11O2S. The number of carbonyl (C=O) groups excluding carboxylic acids is 1. The molecule has 5 aliphatic rings. The molecule has 2 spiro atoms. The molecule has 1 N–H and O–H groups in total. The van der Waals surface area contributed by atoms with Gasteiger partial charge in [-0.1, -0.05) is 11.6 Å². The van der Waals surface area contributed by atoms with Crippen molar-refractivity contribution < 1.29 is 9.53 Å². The van der Waals surface area contributed by atoms with Crippen LogP contribution in [0.1, 0.15) is 114 Å². The number of aliphatic imine (C=N–C) groups is 1. The monoisotopic (exact) mass is 841 g/mol. The summed E-state index contributed by atoms with van der Waals surface area (Å²) in [5, 5.41) is 31.9. The fourth-order valence-electron chi connectivity index (χ4n) is 9.73. The lowest BCUT2D eigenvalue weighted by Gasteiger charge is -2.48. The van der Waals surface area contributed by atoms with Crippen LogP contribution in [0.5, 0.6) is 5.75 Å². The summed E-state index contributed by atoms with van der Waals surface area (Å²) in [6.07, 6.45) is 11.7. The third-order valence-electron chi connectivity index (χ3n) is 13.5. The van der Waals surface area contributed by atoms with Crippen LogP contribution in [-0.2, 0) is 5.54 Å². The summed E-state index contributed by atoms with van der Waals surface area (Å²) >= 11 is 7.97. The zero-order valence-corrected chi connectivity index (χ0v) is 35.8. The fraction of sp³-hybridized carbons (Fsp3) is 0.467. The van der Waals surface area contributed by atoms with Crippen molar-refractivity contribution in [3.63, 3.8) is 0 Å². The summed E-state index contributed by atoms with van der Waals surface area (Å²) in [5.74, 6) is 3.15. The number of rotatable bonds is 7. The molecule has 3 aliphatic heterocycles. The van der Waals surface area contributed by atoms with Crippen molar-refractivity contribution in [2.45, 2.75) is 103 Å². The smallest absolute Gasteiger partial charge is 0.272 e. The molecule has 2 aliphatic carbocycles. The molecule has 4 fully saturated rings. The summed E-state index contributed by atoms with van der Waals surface area (Å²) in [5.41, 5.74) is 6.09. The minimum atomic E-state index is -0.323. The molecule has 2 saturated carbocycles. The van der Waals surface area contributed by atoms with E-state index >= 15 is 0 Å². The van der Waals surface area contributed by atoms with E-state index in [0.717, 1.165) is 129 Å². The molecule has 60 heavy (non-hydrogen) atoms. The fourth-order valence-corrected chi connectivity index (χ4v) is 11.1. The number of pyridine rings is 1.